The number of carbonyl (C=O) groups is 1. The molecule has 0 aliphatic heterocycles. The second-order valence-corrected chi connectivity index (χ2v) is 8.24. The van der Waals surface area contributed by atoms with Crippen LogP contribution in [0.25, 0.3) is 22.4 Å². The number of methoxy groups -OCH3 is 1. The molecule has 0 fully saturated rings. The van der Waals surface area contributed by atoms with E-state index in [0.717, 1.165) is 4.57 Å². The van der Waals surface area contributed by atoms with Crippen molar-refractivity contribution in [2.45, 2.75) is 12.7 Å². The molecule has 0 radical (unpaired) electrons. The first-order chi connectivity index (χ1) is 17.3. The number of hydrogen-bond acceptors (Lipinski definition) is 6. The number of ketones is 1. The van der Waals surface area contributed by atoms with E-state index < -0.39 is 29.0 Å². The Balaban J connectivity index is 1.71. The Kier molecular flexibility index (Phi) is 5.97. The minimum atomic E-state index is -4.87. The Hall–Kier alpha value is -4.18. The third-order valence-electron chi connectivity index (χ3n) is 5.58. The number of halogens is 4. The van der Waals surface area contributed by atoms with Gasteiger partial charge in [-0.05, 0) is 48.0 Å². The summed E-state index contributed by atoms with van der Waals surface area (Å²) in [6.45, 7) is -0.156. The Labute approximate surface area is 207 Å². The zero-order valence-electron chi connectivity index (χ0n) is 18.6. The van der Waals surface area contributed by atoms with Gasteiger partial charge in [0.05, 0.1) is 12.7 Å². The zero-order valence-corrected chi connectivity index (χ0v) is 19.3. The van der Waals surface area contributed by atoms with Gasteiger partial charge in [0.1, 0.15) is 11.4 Å². The maximum Gasteiger partial charge on any atom is 0.432 e. The van der Waals surface area contributed by atoms with Crippen LogP contribution in [0.15, 0.2) is 71.5 Å². The van der Waals surface area contributed by atoms with Gasteiger partial charge in [0.15, 0.2) is 0 Å². The molecule has 0 bridgehead atoms. The molecule has 0 saturated heterocycles. The standard InChI is InChI=1S/C25H16ClF3N4O3/c1-35-17-6-7-19-18(12-17)20(21(34)23-31-24(36-32-23)15-8-10-30-11-9-15)22(25(27,28)29)33(19)13-14-2-4-16(26)5-3-14/h2-12H,13H2,1H3. The maximum absolute atomic E-state index is 14.5. The molecule has 0 atom stereocenters. The van der Waals surface area contributed by atoms with E-state index in [1.54, 1.807) is 36.4 Å². The molecule has 0 N–H and O–H groups in total. The van der Waals surface area contributed by atoms with Gasteiger partial charge in [-0.1, -0.05) is 28.9 Å². The summed E-state index contributed by atoms with van der Waals surface area (Å²) in [6.07, 6.45) is -1.90. The van der Waals surface area contributed by atoms with Crippen LogP contribution in [0, 0.1) is 0 Å². The van der Waals surface area contributed by atoms with E-state index in [4.69, 9.17) is 20.9 Å². The molecule has 11 heteroatoms. The Morgan fingerprint density at radius 1 is 1.08 bits per heavy atom. The van der Waals surface area contributed by atoms with Gasteiger partial charge >= 0.3 is 6.18 Å². The molecule has 182 valence electrons. The normalized spacial score (nSPS) is 11.7. The lowest BCUT2D eigenvalue weighted by Crippen LogP contribution is -2.19. The van der Waals surface area contributed by atoms with Crippen LogP contribution in [0.5, 0.6) is 5.75 Å². The molecule has 5 rings (SSSR count). The quantitative estimate of drug-likeness (QED) is 0.258. The lowest BCUT2D eigenvalue weighted by atomic mass is 10.1. The number of rotatable bonds is 6. The van der Waals surface area contributed by atoms with Crippen LogP contribution in [0.2, 0.25) is 5.02 Å². The van der Waals surface area contributed by atoms with Crippen molar-refractivity contribution in [3.63, 3.8) is 0 Å². The number of carbonyl (C=O) groups excluding carboxylic acids is 1. The van der Waals surface area contributed by atoms with E-state index in [1.807, 2.05) is 0 Å². The first-order valence-corrected chi connectivity index (χ1v) is 10.9. The molecule has 5 aromatic rings. The predicted molar refractivity (Wildman–Crippen MR) is 125 cm³/mol. The molecule has 0 unspecified atom stereocenters. The van der Waals surface area contributed by atoms with Gasteiger partial charge in [-0.3, -0.25) is 9.78 Å². The number of aromatic nitrogens is 4. The van der Waals surface area contributed by atoms with E-state index in [9.17, 15) is 18.0 Å². The number of pyridine rings is 1. The van der Waals surface area contributed by atoms with Gasteiger partial charge in [-0.2, -0.15) is 18.2 Å². The summed E-state index contributed by atoms with van der Waals surface area (Å²) in [7, 11) is 1.39. The second-order valence-electron chi connectivity index (χ2n) is 7.81. The summed E-state index contributed by atoms with van der Waals surface area (Å²) in [5.41, 5.74) is -0.483. The van der Waals surface area contributed by atoms with Crippen LogP contribution >= 0.6 is 11.6 Å². The first kappa shape index (κ1) is 23.6. The van der Waals surface area contributed by atoms with Crippen LogP contribution in [0.4, 0.5) is 13.2 Å². The summed E-state index contributed by atoms with van der Waals surface area (Å²) in [5, 5.41) is 4.17. The highest BCUT2D eigenvalue weighted by Crippen LogP contribution is 2.40. The second kappa shape index (κ2) is 9.12. The lowest BCUT2D eigenvalue weighted by Gasteiger charge is -2.14. The Bertz CT molecular complexity index is 1560. The average molecular weight is 513 g/mol. The molecular weight excluding hydrogens is 497 g/mol. The average Bonchev–Trinajstić information content (AvgIpc) is 3.49. The van der Waals surface area contributed by atoms with Crippen LogP contribution in [-0.2, 0) is 12.7 Å². The van der Waals surface area contributed by atoms with Crippen LogP contribution in [0.3, 0.4) is 0 Å². The van der Waals surface area contributed by atoms with Crippen molar-refractivity contribution in [2.75, 3.05) is 7.11 Å². The fraction of sp³-hybridized carbons (Fsp3) is 0.120. The number of benzene rings is 2. The maximum atomic E-state index is 14.5. The van der Waals surface area contributed by atoms with Gasteiger partial charge in [0.25, 0.3) is 5.89 Å². The zero-order chi connectivity index (χ0) is 25.4. The number of fused-ring (bicyclic) bond motifs is 1. The van der Waals surface area contributed by atoms with Crippen molar-refractivity contribution < 1.29 is 27.2 Å². The smallest absolute Gasteiger partial charge is 0.432 e. The summed E-state index contributed by atoms with van der Waals surface area (Å²) in [6, 6.07) is 14.0. The highest BCUT2D eigenvalue weighted by atomic mass is 35.5. The molecular formula is C25H16ClF3N4O3. The fourth-order valence-electron chi connectivity index (χ4n) is 3.96. The third-order valence-corrected chi connectivity index (χ3v) is 5.83. The van der Waals surface area contributed by atoms with E-state index in [2.05, 4.69) is 15.1 Å². The van der Waals surface area contributed by atoms with E-state index >= 15 is 0 Å². The number of nitrogens with zero attached hydrogens (tertiary/aromatic N) is 4. The third kappa shape index (κ3) is 4.31. The topological polar surface area (TPSA) is 83.0 Å². The van der Waals surface area contributed by atoms with E-state index in [1.165, 1.54) is 37.7 Å². The highest BCUT2D eigenvalue weighted by molar-refractivity contribution is 6.30. The number of hydrogen-bond donors (Lipinski definition) is 0. The van der Waals surface area contributed by atoms with Crippen molar-refractivity contribution in [1.29, 1.82) is 0 Å². The van der Waals surface area contributed by atoms with Crippen molar-refractivity contribution in [2.24, 2.45) is 0 Å². The molecule has 0 spiro atoms. The predicted octanol–water partition coefficient (Wildman–Crippen LogP) is 6.05. The molecule has 0 amide bonds. The fourth-order valence-corrected chi connectivity index (χ4v) is 4.09. The minimum Gasteiger partial charge on any atom is -0.497 e. The van der Waals surface area contributed by atoms with Gasteiger partial charge in [0.2, 0.25) is 11.6 Å². The van der Waals surface area contributed by atoms with E-state index in [0.29, 0.717) is 21.9 Å². The van der Waals surface area contributed by atoms with Crippen LogP contribution in [0.1, 0.15) is 27.4 Å². The van der Waals surface area contributed by atoms with Crippen molar-refractivity contribution in [3.05, 3.63) is 94.7 Å². The molecule has 3 aromatic heterocycles. The van der Waals surface area contributed by atoms with Gasteiger partial charge in [0, 0.05) is 40.4 Å². The first-order valence-electron chi connectivity index (χ1n) is 10.6. The molecule has 36 heavy (non-hydrogen) atoms. The summed E-state index contributed by atoms with van der Waals surface area (Å²) < 4.78 is 55.1. The Morgan fingerprint density at radius 2 is 1.81 bits per heavy atom. The van der Waals surface area contributed by atoms with Crippen molar-refractivity contribution in [3.8, 4) is 17.2 Å². The molecule has 7 nitrogen and oxygen atoms in total. The molecule has 2 aromatic carbocycles. The van der Waals surface area contributed by atoms with Crippen molar-refractivity contribution >= 4 is 28.3 Å². The monoisotopic (exact) mass is 512 g/mol. The van der Waals surface area contributed by atoms with Gasteiger partial charge in [-0.25, -0.2) is 0 Å². The van der Waals surface area contributed by atoms with Crippen LogP contribution in [-0.4, -0.2) is 32.6 Å². The SMILES string of the molecule is COc1ccc2c(c1)c(C(=O)c1noc(-c3ccncc3)n1)c(C(F)(F)F)n2Cc1ccc(Cl)cc1. The summed E-state index contributed by atoms with van der Waals surface area (Å²) >= 11 is 5.94. The Morgan fingerprint density at radius 3 is 2.47 bits per heavy atom. The molecule has 0 aliphatic rings. The molecule has 3 heterocycles. The number of ether oxygens (including phenoxy) is 1. The van der Waals surface area contributed by atoms with E-state index in [-0.39, 0.29) is 23.3 Å². The number of alkyl halides is 3. The summed E-state index contributed by atoms with van der Waals surface area (Å²) in [5.74, 6) is -1.25. The van der Waals surface area contributed by atoms with Gasteiger partial charge < -0.3 is 13.8 Å². The summed E-state index contributed by atoms with van der Waals surface area (Å²) in [4.78, 5) is 21.5. The largest absolute Gasteiger partial charge is 0.497 e. The van der Waals surface area contributed by atoms with Crippen molar-refractivity contribution in [1.82, 2.24) is 19.7 Å². The molecule has 0 saturated carbocycles. The van der Waals surface area contributed by atoms with Crippen LogP contribution < -0.4 is 4.74 Å². The highest BCUT2D eigenvalue weighted by Gasteiger charge is 2.42. The van der Waals surface area contributed by atoms with Gasteiger partial charge in [-0.15, -0.1) is 0 Å². The minimum absolute atomic E-state index is 0.0169. The molecule has 0 aliphatic carbocycles. The lowest BCUT2D eigenvalue weighted by molar-refractivity contribution is -0.143.